The van der Waals surface area contributed by atoms with Crippen LogP contribution in [0, 0.1) is 0 Å². The van der Waals surface area contributed by atoms with Gasteiger partial charge in [-0.2, -0.15) is 0 Å². The molecule has 0 aliphatic heterocycles. The van der Waals surface area contributed by atoms with Crippen LogP contribution in [0.25, 0.3) is 64.6 Å². The van der Waals surface area contributed by atoms with E-state index in [1.807, 2.05) is 11.3 Å². The van der Waals surface area contributed by atoms with Crippen LogP contribution in [-0.4, -0.2) is 6.91 Å². The monoisotopic (exact) mass is 840 g/mol. The van der Waals surface area contributed by atoms with Gasteiger partial charge in [0.2, 0.25) is 0 Å². The molecule has 2 heteroatoms. The zero-order valence-corrected chi connectivity index (χ0v) is 36.5. The van der Waals surface area contributed by atoms with Gasteiger partial charge in [0.25, 0.3) is 0 Å². The minimum absolute atomic E-state index is 0.614. The first-order chi connectivity index (χ1) is 32.2. The van der Waals surface area contributed by atoms with E-state index >= 15 is 0 Å². The van der Waals surface area contributed by atoms with Gasteiger partial charge in [0.05, 0.1) is 0 Å². The number of hydrogen-bond donors (Lipinski definition) is 0. The van der Waals surface area contributed by atoms with Gasteiger partial charge in [-0.05, 0) is 23.3 Å². The van der Waals surface area contributed by atoms with E-state index in [-0.39, 0.29) is 0 Å². The van der Waals surface area contributed by atoms with Crippen molar-refractivity contribution in [3.8, 4) is 33.3 Å². The molecule has 0 fully saturated rings. The zero-order chi connectivity index (χ0) is 43.0. The molecule has 0 nitrogen and oxygen atoms in total. The Labute approximate surface area is 384 Å². The molecular weight excluding hydrogens is 800 g/mol. The van der Waals surface area contributed by atoms with Gasteiger partial charge in [-0.3, -0.25) is 0 Å². The Morgan fingerprint density at radius 3 is 1.25 bits per heavy atom. The standard InChI is InChI=1S/C63H41BS/c1-5-17-47(18-6-1)62(48-19-7-2-8-20-48)55-39-44(42-28-30-43(31-29-42)45-32-35-52-51-25-13-14-27-58(51)65-59(52)41-45)33-36-53(55)60-61(62)54-37-34-46(57-26-15-16-38-64-57)40-56(54)63(60,49-21-9-3-10-22-49)50-23-11-4-12-24-50/h1-41H. The Balaban J connectivity index is 1.07. The van der Waals surface area contributed by atoms with Crippen molar-refractivity contribution in [3.63, 3.8) is 0 Å². The van der Waals surface area contributed by atoms with Crippen LogP contribution in [0.1, 0.15) is 44.5 Å². The maximum absolute atomic E-state index is 2.52. The molecule has 65 heavy (non-hydrogen) atoms. The van der Waals surface area contributed by atoms with E-state index in [9.17, 15) is 0 Å². The van der Waals surface area contributed by atoms with Crippen LogP contribution in [0.4, 0.5) is 0 Å². The van der Waals surface area contributed by atoms with Crippen molar-refractivity contribution in [2.24, 2.45) is 0 Å². The van der Waals surface area contributed by atoms with Crippen molar-refractivity contribution in [2.45, 2.75) is 10.8 Å². The summed E-state index contributed by atoms with van der Waals surface area (Å²) in [6.07, 6.45) is 0. The average molecular weight is 841 g/mol. The summed E-state index contributed by atoms with van der Waals surface area (Å²) in [5.74, 6) is 2.14. The minimum atomic E-state index is -0.628. The van der Waals surface area contributed by atoms with E-state index in [0.29, 0.717) is 0 Å². The van der Waals surface area contributed by atoms with Crippen LogP contribution in [0.15, 0.2) is 249 Å². The van der Waals surface area contributed by atoms with Crippen molar-refractivity contribution < 1.29 is 0 Å². The van der Waals surface area contributed by atoms with Gasteiger partial charge in [-0.25, -0.2) is 0 Å². The molecule has 2 aliphatic rings. The van der Waals surface area contributed by atoms with Crippen LogP contribution in [-0.2, 0) is 10.8 Å². The summed E-state index contributed by atoms with van der Waals surface area (Å²) in [5, 5.41) is 2.66. The summed E-state index contributed by atoms with van der Waals surface area (Å²) < 4.78 is 2.66. The molecule has 2 heterocycles. The fourth-order valence-electron chi connectivity index (χ4n) is 11.5. The second kappa shape index (κ2) is 15.0. The second-order valence-corrected chi connectivity index (χ2v) is 18.6. The second-order valence-electron chi connectivity index (χ2n) is 17.5. The SMILES string of the molecule is b1ccccc1-c1ccc2c(c1)C(c1ccccc1)(c1ccccc1)C1=C2C(c2ccccc2)(c2ccccc2)c2cc(-c3ccc(-c4ccc5c(c4)sc4ccccc45)cc3)ccc21. The molecule has 0 amide bonds. The Morgan fingerprint density at radius 2 is 0.723 bits per heavy atom. The molecular formula is C63H41BS. The molecule has 0 unspecified atom stereocenters. The van der Waals surface area contributed by atoms with Crippen LogP contribution < -0.4 is 0 Å². The molecule has 0 bridgehead atoms. The summed E-state index contributed by atoms with van der Waals surface area (Å²) in [4.78, 5) is 0. The molecule has 0 spiro atoms. The third kappa shape index (κ3) is 5.60. The average Bonchev–Trinajstić information content (AvgIpc) is 4.02. The third-order valence-corrected chi connectivity index (χ3v) is 15.4. The van der Waals surface area contributed by atoms with Crippen molar-refractivity contribution in [3.05, 3.63) is 293 Å². The third-order valence-electron chi connectivity index (χ3n) is 14.3. The molecule has 0 atom stereocenters. The summed E-state index contributed by atoms with van der Waals surface area (Å²) in [5.41, 5.74) is 19.0. The zero-order valence-electron chi connectivity index (χ0n) is 35.7. The van der Waals surface area contributed by atoms with E-state index in [0.717, 1.165) is 0 Å². The number of allylic oxidation sites excluding steroid dienone is 2. The maximum atomic E-state index is 2.52. The Hall–Kier alpha value is -7.65. The topological polar surface area (TPSA) is 0 Å². The summed E-state index contributed by atoms with van der Waals surface area (Å²) in [6, 6.07) is 91.1. The molecule has 13 rings (SSSR count). The first-order valence-electron chi connectivity index (χ1n) is 22.6. The van der Waals surface area contributed by atoms with Crippen molar-refractivity contribution in [1.29, 1.82) is 0 Å². The van der Waals surface area contributed by atoms with E-state index < -0.39 is 10.8 Å². The number of benzene rings is 9. The quantitative estimate of drug-likeness (QED) is 0.150. The van der Waals surface area contributed by atoms with Crippen molar-refractivity contribution >= 4 is 49.6 Å². The van der Waals surface area contributed by atoms with Gasteiger partial charge in [-0.15, -0.1) is 11.3 Å². The fraction of sp³-hybridized carbons (Fsp3) is 0.0317. The molecule has 0 radical (unpaired) electrons. The first-order valence-corrected chi connectivity index (χ1v) is 23.4. The van der Waals surface area contributed by atoms with Gasteiger partial charge in [0, 0.05) is 20.2 Å². The Bertz CT molecular complexity index is 3530. The molecule has 2 aromatic heterocycles. The Morgan fingerprint density at radius 1 is 0.308 bits per heavy atom. The van der Waals surface area contributed by atoms with Gasteiger partial charge in [0.15, 0.2) is 0 Å². The number of rotatable bonds is 7. The van der Waals surface area contributed by atoms with Crippen LogP contribution >= 0.6 is 11.3 Å². The number of fused-ring (bicyclic) bond motifs is 7. The van der Waals surface area contributed by atoms with Crippen LogP contribution in [0.3, 0.4) is 0 Å². The van der Waals surface area contributed by atoms with Gasteiger partial charge in [0.1, 0.15) is 0 Å². The molecule has 302 valence electrons. The van der Waals surface area contributed by atoms with Crippen LogP contribution in [0.5, 0.6) is 0 Å². The molecule has 0 saturated carbocycles. The molecule has 0 saturated heterocycles. The molecule has 11 aromatic rings. The van der Waals surface area contributed by atoms with E-state index in [2.05, 4.69) is 256 Å². The normalized spacial score (nSPS) is 14.3. The van der Waals surface area contributed by atoms with E-state index in [4.69, 9.17) is 0 Å². The van der Waals surface area contributed by atoms with Crippen molar-refractivity contribution in [2.75, 3.05) is 0 Å². The van der Waals surface area contributed by atoms with E-state index in [1.165, 1.54) is 109 Å². The number of thiophene rings is 1. The van der Waals surface area contributed by atoms with Gasteiger partial charge >= 0.3 is 290 Å². The predicted molar refractivity (Wildman–Crippen MR) is 276 cm³/mol. The Kier molecular flexibility index (Phi) is 8.73. The van der Waals surface area contributed by atoms with Gasteiger partial charge < -0.3 is 0 Å². The molecule has 2 aliphatic carbocycles. The fourth-order valence-corrected chi connectivity index (χ4v) is 12.6. The summed E-state index contributed by atoms with van der Waals surface area (Å²) in [7, 11) is 0. The van der Waals surface area contributed by atoms with Crippen LogP contribution in [0.2, 0.25) is 0 Å². The number of hydrogen-bond acceptors (Lipinski definition) is 1. The first kappa shape index (κ1) is 37.9. The van der Waals surface area contributed by atoms with Gasteiger partial charge in [-0.1, -0.05) is 42.5 Å². The predicted octanol–water partition coefficient (Wildman–Crippen LogP) is 16.0. The summed E-state index contributed by atoms with van der Waals surface area (Å²) >= 11 is 1.87. The van der Waals surface area contributed by atoms with Crippen molar-refractivity contribution in [1.82, 2.24) is 0 Å². The van der Waals surface area contributed by atoms with E-state index in [1.54, 1.807) is 0 Å². The molecule has 9 aromatic carbocycles. The molecule has 0 N–H and O–H groups in total. The summed E-state index contributed by atoms with van der Waals surface area (Å²) in [6.45, 7) is 2.23.